The van der Waals surface area contributed by atoms with E-state index >= 15 is 0 Å². The average Bonchev–Trinajstić information content (AvgIpc) is 2.44. The maximum Gasteiger partial charge on any atom is 0.244 e. The Kier molecular flexibility index (Phi) is 7.25. The predicted octanol–water partition coefficient (Wildman–Crippen LogP) is 1.50. The van der Waals surface area contributed by atoms with Crippen molar-refractivity contribution in [2.24, 2.45) is 16.6 Å². The number of aliphatic imine (C=N–C) groups is 1. The number of piperidine rings is 1. The molecule has 0 spiro atoms. The zero-order valence-corrected chi connectivity index (χ0v) is 12.2. The normalized spacial score (nSPS) is 17.4. The standard InChI is InChI=1S/C13H22N4OS/c1-2-19-13(15)11-4-8-17(9-5-11)12(18)10-16-7-3-6-14/h3,6-7,11,15H,2,4-5,8-10,14H2,1H3. The third-order valence-corrected chi connectivity index (χ3v) is 3.98. The van der Waals surface area contributed by atoms with Crippen molar-refractivity contribution >= 4 is 28.9 Å². The Bertz CT molecular complexity index is 360. The van der Waals surface area contributed by atoms with Crippen LogP contribution in [0.4, 0.5) is 0 Å². The quantitative estimate of drug-likeness (QED) is 0.592. The SMILES string of the molecule is CCSC(=N)C1CCN(C(=O)CN=CC=CN)CC1. The van der Waals surface area contributed by atoms with Crippen LogP contribution in [0.15, 0.2) is 17.3 Å². The molecule has 0 aromatic rings. The molecule has 0 aromatic carbocycles. The van der Waals surface area contributed by atoms with Crippen molar-refractivity contribution in [2.45, 2.75) is 19.8 Å². The molecular weight excluding hydrogens is 260 g/mol. The molecule has 106 valence electrons. The Morgan fingerprint density at radius 2 is 2.21 bits per heavy atom. The number of allylic oxidation sites excluding steroid dienone is 1. The van der Waals surface area contributed by atoms with Gasteiger partial charge >= 0.3 is 0 Å². The Balaban J connectivity index is 2.32. The number of likely N-dealkylation sites (tertiary alicyclic amines) is 1. The molecule has 1 fully saturated rings. The van der Waals surface area contributed by atoms with Crippen LogP contribution in [-0.4, -0.2) is 47.5 Å². The van der Waals surface area contributed by atoms with E-state index in [0.717, 1.165) is 36.7 Å². The number of amides is 1. The summed E-state index contributed by atoms with van der Waals surface area (Å²) in [6.07, 6.45) is 6.31. The maximum atomic E-state index is 11.9. The van der Waals surface area contributed by atoms with Crippen LogP contribution in [0.3, 0.4) is 0 Å². The van der Waals surface area contributed by atoms with Gasteiger partial charge in [0.25, 0.3) is 0 Å². The van der Waals surface area contributed by atoms with Crippen LogP contribution in [0.5, 0.6) is 0 Å². The highest BCUT2D eigenvalue weighted by Crippen LogP contribution is 2.23. The molecule has 0 atom stereocenters. The molecule has 0 bridgehead atoms. The number of thioether (sulfide) groups is 1. The van der Waals surface area contributed by atoms with Gasteiger partial charge in [0.2, 0.25) is 5.91 Å². The van der Waals surface area contributed by atoms with Gasteiger partial charge in [0.15, 0.2) is 0 Å². The van der Waals surface area contributed by atoms with Crippen molar-refractivity contribution in [3.05, 3.63) is 12.3 Å². The van der Waals surface area contributed by atoms with Crippen molar-refractivity contribution < 1.29 is 4.79 Å². The summed E-state index contributed by atoms with van der Waals surface area (Å²) in [6.45, 7) is 3.71. The lowest BCUT2D eigenvalue weighted by Gasteiger charge is -2.31. The average molecular weight is 282 g/mol. The van der Waals surface area contributed by atoms with E-state index < -0.39 is 0 Å². The third-order valence-electron chi connectivity index (χ3n) is 3.05. The van der Waals surface area contributed by atoms with Gasteiger partial charge in [0.05, 0.1) is 5.04 Å². The minimum atomic E-state index is 0.0507. The zero-order chi connectivity index (χ0) is 14.1. The Hall–Kier alpha value is -1.30. The molecule has 3 N–H and O–H groups in total. The Morgan fingerprint density at radius 3 is 2.79 bits per heavy atom. The molecule has 5 nitrogen and oxygen atoms in total. The molecule has 1 rings (SSSR count). The van der Waals surface area contributed by atoms with Gasteiger partial charge in [-0.25, -0.2) is 0 Å². The van der Waals surface area contributed by atoms with Gasteiger partial charge in [-0.2, -0.15) is 0 Å². The lowest BCUT2D eigenvalue weighted by molar-refractivity contribution is -0.130. The molecule has 0 saturated carbocycles. The lowest BCUT2D eigenvalue weighted by Crippen LogP contribution is -2.40. The summed E-state index contributed by atoms with van der Waals surface area (Å²) in [7, 11) is 0. The van der Waals surface area contributed by atoms with Crippen LogP contribution in [0.2, 0.25) is 0 Å². The van der Waals surface area contributed by atoms with Crippen LogP contribution in [0.1, 0.15) is 19.8 Å². The van der Waals surface area contributed by atoms with Crippen molar-refractivity contribution in [1.29, 1.82) is 5.41 Å². The van der Waals surface area contributed by atoms with Crippen molar-refractivity contribution in [3.8, 4) is 0 Å². The van der Waals surface area contributed by atoms with Crippen LogP contribution in [0.25, 0.3) is 0 Å². The van der Waals surface area contributed by atoms with Gasteiger partial charge in [-0.3, -0.25) is 15.2 Å². The summed E-state index contributed by atoms with van der Waals surface area (Å²) in [4.78, 5) is 17.7. The number of nitrogens with zero attached hydrogens (tertiary/aromatic N) is 2. The first kappa shape index (κ1) is 15.8. The monoisotopic (exact) mass is 282 g/mol. The second-order valence-corrected chi connectivity index (χ2v) is 5.63. The highest BCUT2D eigenvalue weighted by atomic mass is 32.2. The smallest absolute Gasteiger partial charge is 0.244 e. The molecule has 0 unspecified atom stereocenters. The van der Waals surface area contributed by atoms with E-state index in [4.69, 9.17) is 11.1 Å². The second kappa shape index (κ2) is 8.74. The van der Waals surface area contributed by atoms with Crippen molar-refractivity contribution in [2.75, 3.05) is 25.4 Å². The van der Waals surface area contributed by atoms with Crippen LogP contribution < -0.4 is 5.73 Å². The molecule has 6 heteroatoms. The van der Waals surface area contributed by atoms with Gasteiger partial charge in [0.1, 0.15) is 6.54 Å². The first-order valence-corrected chi connectivity index (χ1v) is 7.53. The molecule has 0 radical (unpaired) electrons. The summed E-state index contributed by atoms with van der Waals surface area (Å²) in [5.41, 5.74) is 5.17. The van der Waals surface area contributed by atoms with Crippen LogP contribution >= 0.6 is 11.8 Å². The molecule has 1 aliphatic heterocycles. The number of hydrogen-bond acceptors (Lipinski definition) is 5. The fraction of sp³-hybridized carbons (Fsp3) is 0.615. The number of hydrogen-bond donors (Lipinski definition) is 2. The van der Waals surface area contributed by atoms with Crippen molar-refractivity contribution in [3.63, 3.8) is 0 Å². The third kappa shape index (κ3) is 5.46. The second-order valence-electron chi connectivity index (χ2n) is 4.33. The maximum absolute atomic E-state index is 11.9. The molecule has 1 aliphatic rings. The summed E-state index contributed by atoms with van der Waals surface area (Å²) in [5, 5.41) is 8.69. The minimum Gasteiger partial charge on any atom is -0.405 e. The Labute approximate surface area is 118 Å². The summed E-state index contributed by atoms with van der Waals surface area (Å²) in [5.74, 6) is 1.33. The number of carbonyl (C=O) groups is 1. The van der Waals surface area contributed by atoms with Gasteiger partial charge in [-0.15, -0.1) is 11.8 Å². The topological polar surface area (TPSA) is 82.5 Å². The molecule has 19 heavy (non-hydrogen) atoms. The van der Waals surface area contributed by atoms with Crippen molar-refractivity contribution in [1.82, 2.24) is 4.90 Å². The van der Waals surface area contributed by atoms with Gasteiger partial charge in [-0.05, 0) is 30.9 Å². The van der Waals surface area contributed by atoms with Crippen LogP contribution in [-0.2, 0) is 4.79 Å². The summed E-state index contributed by atoms with van der Waals surface area (Å²) in [6, 6.07) is 0. The van der Waals surface area contributed by atoms with Gasteiger partial charge in [0, 0.05) is 25.2 Å². The highest BCUT2D eigenvalue weighted by Gasteiger charge is 2.24. The molecule has 1 saturated heterocycles. The molecule has 0 aromatic heterocycles. The van der Waals surface area contributed by atoms with E-state index in [1.54, 1.807) is 17.8 Å². The van der Waals surface area contributed by atoms with E-state index in [9.17, 15) is 4.79 Å². The molecule has 1 amide bonds. The highest BCUT2D eigenvalue weighted by molar-refractivity contribution is 8.13. The summed E-state index contributed by atoms with van der Waals surface area (Å²) >= 11 is 1.60. The predicted molar refractivity (Wildman–Crippen MR) is 81.8 cm³/mol. The fourth-order valence-electron chi connectivity index (χ4n) is 2.01. The minimum absolute atomic E-state index is 0.0507. The largest absolute Gasteiger partial charge is 0.405 e. The Morgan fingerprint density at radius 1 is 1.53 bits per heavy atom. The van der Waals surface area contributed by atoms with E-state index in [-0.39, 0.29) is 12.5 Å². The number of nitrogens with one attached hydrogen (secondary N) is 1. The van der Waals surface area contributed by atoms with Gasteiger partial charge < -0.3 is 10.6 Å². The van der Waals surface area contributed by atoms with Crippen LogP contribution in [0, 0.1) is 11.3 Å². The molecule has 1 heterocycles. The van der Waals surface area contributed by atoms with E-state index in [2.05, 4.69) is 11.9 Å². The summed E-state index contributed by atoms with van der Waals surface area (Å²) < 4.78 is 0. The molecular formula is C13H22N4OS. The van der Waals surface area contributed by atoms with E-state index in [1.807, 2.05) is 4.90 Å². The number of rotatable bonds is 5. The first-order valence-electron chi connectivity index (χ1n) is 6.54. The van der Waals surface area contributed by atoms with Gasteiger partial charge in [-0.1, -0.05) is 6.92 Å². The van der Waals surface area contributed by atoms with E-state index in [1.165, 1.54) is 12.4 Å². The lowest BCUT2D eigenvalue weighted by atomic mass is 9.98. The van der Waals surface area contributed by atoms with E-state index in [0.29, 0.717) is 5.92 Å². The fourth-order valence-corrected chi connectivity index (χ4v) is 2.79. The zero-order valence-electron chi connectivity index (χ0n) is 11.3. The first-order chi connectivity index (χ1) is 9.19. The number of nitrogens with two attached hydrogens (primary N) is 1. The number of carbonyl (C=O) groups excluding carboxylic acids is 1. The molecule has 0 aliphatic carbocycles.